The van der Waals surface area contributed by atoms with Crippen LogP contribution in [-0.4, -0.2) is 9.97 Å². The third-order valence-corrected chi connectivity index (χ3v) is 1.29. The van der Waals surface area contributed by atoms with Gasteiger partial charge in [-0.25, -0.2) is 0 Å². The van der Waals surface area contributed by atoms with Gasteiger partial charge in [0.1, 0.15) is 0 Å². The van der Waals surface area contributed by atoms with Gasteiger partial charge < -0.3 is 9.97 Å². The van der Waals surface area contributed by atoms with Crippen LogP contribution < -0.4 is 0 Å². The molecule has 0 aromatic carbocycles. The molecule has 0 radical (unpaired) electrons. The lowest BCUT2D eigenvalue weighted by atomic mass is 10.3. The fourth-order valence-corrected chi connectivity index (χ4v) is 0.786. The van der Waals surface area contributed by atoms with Gasteiger partial charge in [0.15, 0.2) is 0 Å². The largest absolute Gasteiger partial charge is 0.366 e. The highest BCUT2D eigenvalue weighted by Gasteiger charge is 1.80. The molecule has 0 fully saturated rings. The summed E-state index contributed by atoms with van der Waals surface area (Å²) in [4.78, 5) is 6.14. The fraction of sp³-hybridized carbons (Fsp3) is 0.111. The van der Waals surface area contributed by atoms with E-state index in [9.17, 15) is 0 Å². The minimum atomic E-state index is 0.852. The van der Waals surface area contributed by atoms with E-state index in [4.69, 9.17) is 0 Å². The van der Waals surface area contributed by atoms with Crippen molar-refractivity contribution in [2.75, 3.05) is 0 Å². The number of hydrogen-bond donors (Lipinski definition) is 2. The Balaban J connectivity index is 2.92. The Hall–Kier alpha value is -1.44. The van der Waals surface area contributed by atoms with Crippen molar-refractivity contribution in [2.24, 2.45) is 0 Å². The normalized spacial score (nSPS) is 8.73. The van der Waals surface area contributed by atoms with Crippen LogP contribution in [0.2, 0.25) is 0 Å². The van der Waals surface area contributed by atoms with Crippen molar-refractivity contribution < 1.29 is 0 Å². The first-order valence-corrected chi connectivity index (χ1v) is 3.57. The summed E-state index contributed by atoms with van der Waals surface area (Å²) >= 11 is 0. The van der Waals surface area contributed by atoms with E-state index in [-0.39, 0.29) is 0 Å². The molecule has 0 aliphatic heterocycles. The molecule has 0 atom stereocenters. The third kappa shape index (κ3) is 2.76. The highest BCUT2D eigenvalue weighted by atomic mass is 14.7. The fourth-order valence-electron chi connectivity index (χ4n) is 0.786. The van der Waals surface area contributed by atoms with Gasteiger partial charge in [-0.15, -0.1) is 6.58 Å². The Morgan fingerprint density at radius 2 is 2.18 bits per heavy atom. The van der Waals surface area contributed by atoms with Crippen LogP contribution in [-0.2, 0) is 6.42 Å². The molecule has 1 aromatic heterocycles. The molecule has 0 saturated carbocycles. The van der Waals surface area contributed by atoms with Crippen LogP contribution in [0.3, 0.4) is 0 Å². The maximum absolute atomic E-state index is 3.66. The molecule has 2 nitrogen and oxygen atoms in total. The van der Waals surface area contributed by atoms with E-state index >= 15 is 0 Å². The average Bonchev–Trinajstić information content (AvgIpc) is 1.94. The average molecular weight is 148 g/mol. The molecule has 0 unspecified atom stereocenters. The highest BCUT2D eigenvalue weighted by molar-refractivity contribution is 4.99. The summed E-state index contributed by atoms with van der Waals surface area (Å²) in [5.74, 6) is 0. The molecular formula is C9H12N2. The molecule has 0 bridgehead atoms. The van der Waals surface area contributed by atoms with Gasteiger partial charge in [0.05, 0.1) is 0 Å². The summed E-state index contributed by atoms with van der Waals surface area (Å²) in [5, 5.41) is 0. The van der Waals surface area contributed by atoms with E-state index in [1.54, 1.807) is 0 Å². The van der Waals surface area contributed by atoms with Crippen molar-refractivity contribution in [1.82, 2.24) is 9.97 Å². The SMILES string of the molecule is C=CCc1c[nH]cccc[nH]1. The molecule has 1 heterocycles. The first-order chi connectivity index (χ1) is 5.43. The van der Waals surface area contributed by atoms with E-state index in [0.29, 0.717) is 0 Å². The van der Waals surface area contributed by atoms with Crippen molar-refractivity contribution in [3.8, 4) is 0 Å². The quantitative estimate of drug-likeness (QED) is 0.602. The zero-order chi connectivity index (χ0) is 7.94. The molecule has 1 rings (SSSR count). The standard InChI is InChI=1S/C9H12N2/c1-2-5-9-8-10-6-3-4-7-11-9/h2-4,6-8,10-11H,1,5H2. The number of nitrogens with one attached hydrogen (secondary N) is 2. The third-order valence-electron chi connectivity index (χ3n) is 1.29. The summed E-state index contributed by atoms with van der Waals surface area (Å²) in [6.45, 7) is 3.66. The Bertz CT molecular complexity index is 237. The zero-order valence-electron chi connectivity index (χ0n) is 6.38. The topological polar surface area (TPSA) is 31.6 Å². The van der Waals surface area contributed by atoms with Crippen LogP contribution in [0.25, 0.3) is 0 Å². The lowest BCUT2D eigenvalue weighted by Crippen LogP contribution is -1.83. The van der Waals surface area contributed by atoms with Gasteiger partial charge in [0.2, 0.25) is 0 Å². The van der Waals surface area contributed by atoms with E-state index in [2.05, 4.69) is 16.5 Å². The van der Waals surface area contributed by atoms with E-state index in [0.717, 1.165) is 12.1 Å². The minimum absolute atomic E-state index is 0.852. The van der Waals surface area contributed by atoms with Crippen LogP contribution in [0.5, 0.6) is 0 Å². The predicted octanol–water partition coefficient (Wildman–Crippen LogP) is 2.20. The van der Waals surface area contributed by atoms with Crippen molar-refractivity contribution >= 4 is 0 Å². The van der Waals surface area contributed by atoms with Gasteiger partial charge in [0, 0.05) is 30.7 Å². The van der Waals surface area contributed by atoms with Crippen LogP contribution in [0.15, 0.2) is 43.4 Å². The molecule has 0 aliphatic carbocycles. The van der Waals surface area contributed by atoms with E-state index in [1.807, 2.05) is 36.8 Å². The van der Waals surface area contributed by atoms with Crippen LogP contribution >= 0.6 is 0 Å². The van der Waals surface area contributed by atoms with E-state index in [1.165, 1.54) is 0 Å². The predicted molar refractivity (Wildman–Crippen MR) is 46.7 cm³/mol. The molecule has 0 saturated heterocycles. The summed E-state index contributed by atoms with van der Waals surface area (Å²) < 4.78 is 0. The highest BCUT2D eigenvalue weighted by Crippen LogP contribution is 1.89. The summed E-state index contributed by atoms with van der Waals surface area (Å²) in [7, 11) is 0. The maximum Gasteiger partial charge on any atom is 0.0347 e. The Labute approximate surface area is 66.3 Å². The van der Waals surface area contributed by atoms with Crippen LogP contribution in [0.1, 0.15) is 5.69 Å². The van der Waals surface area contributed by atoms with Crippen molar-refractivity contribution in [1.29, 1.82) is 0 Å². The van der Waals surface area contributed by atoms with E-state index < -0.39 is 0 Å². The Kier molecular flexibility index (Phi) is 3.06. The molecule has 0 aliphatic rings. The molecule has 0 spiro atoms. The van der Waals surface area contributed by atoms with Crippen molar-refractivity contribution in [3.63, 3.8) is 0 Å². The number of hydrogen-bond acceptors (Lipinski definition) is 0. The van der Waals surface area contributed by atoms with Crippen molar-refractivity contribution in [2.45, 2.75) is 6.42 Å². The summed E-state index contributed by atoms with van der Waals surface area (Å²) in [5.41, 5.74) is 1.11. The second kappa shape index (κ2) is 4.39. The second-order valence-electron chi connectivity index (χ2n) is 2.19. The molecule has 2 heteroatoms. The molecule has 58 valence electrons. The number of H-pyrrole nitrogens is 2. The summed E-state index contributed by atoms with van der Waals surface area (Å²) in [6, 6.07) is 3.86. The van der Waals surface area contributed by atoms with Gasteiger partial charge in [-0.3, -0.25) is 0 Å². The van der Waals surface area contributed by atoms with Gasteiger partial charge in [-0.2, -0.15) is 0 Å². The zero-order valence-corrected chi connectivity index (χ0v) is 6.38. The first-order valence-electron chi connectivity index (χ1n) is 3.57. The van der Waals surface area contributed by atoms with Gasteiger partial charge in [-0.05, 0) is 12.1 Å². The monoisotopic (exact) mass is 148 g/mol. The van der Waals surface area contributed by atoms with Crippen molar-refractivity contribution in [3.05, 3.63) is 49.1 Å². The molecule has 2 N–H and O–H groups in total. The Morgan fingerprint density at radius 1 is 1.36 bits per heavy atom. The minimum Gasteiger partial charge on any atom is -0.366 e. The lowest BCUT2D eigenvalue weighted by Gasteiger charge is -1.91. The van der Waals surface area contributed by atoms with Gasteiger partial charge in [0.25, 0.3) is 0 Å². The van der Waals surface area contributed by atoms with Gasteiger partial charge >= 0.3 is 0 Å². The maximum atomic E-state index is 3.66. The van der Waals surface area contributed by atoms with Crippen LogP contribution in [0.4, 0.5) is 0 Å². The lowest BCUT2D eigenvalue weighted by molar-refractivity contribution is 1.09. The smallest absolute Gasteiger partial charge is 0.0347 e. The molecular weight excluding hydrogens is 136 g/mol. The molecule has 1 aromatic rings. The number of aromatic nitrogens is 2. The summed E-state index contributed by atoms with van der Waals surface area (Å²) in [6.07, 6.45) is 8.40. The first kappa shape index (κ1) is 7.66. The molecule has 11 heavy (non-hydrogen) atoms. The van der Waals surface area contributed by atoms with Gasteiger partial charge in [-0.1, -0.05) is 6.08 Å². The Morgan fingerprint density at radius 3 is 3.00 bits per heavy atom. The number of allylic oxidation sites excluding steroid dienone is 1. The number of rotatable bonds is 2. The number of aromatic amines is 2. The van der Waals surface area contributed by atoms with Crippen LogP contribution in [0, 0.1) is 0 Å². The second-order valence-corrected chi connectivity index (χ2v) is 2.19. The molecule has 0 amide bonds.